The molecule has 2 atom stereocenters. The first-order valence-electron chi connectivity index (χ1n) is 18.2. The number of pyridine rings is 1. The van der Waals surface area contributed by atoms with E-state index in [4.69, 9.17) is 9.47 Å². The standard InChI is InChI=1S/C41H47F3N4O4/c1-28-13-14-45-24-38(28)37-11-8-30(19-29(37)2)31-9-12-40(46-23-31)52-36-21-35(22-36)51-18-6-4-3-5-15-47-16-17-48(25-39(47)41(42,43)44)34-10-7-32(26-49)33(20-34)27-50/h7-14,19-20,23-24,26-27,35-36,39-40,46H,3-6,15-18,21-22,25H2,1-2H3. The molecule has 0 spiro atoms. The second-order valence-corrected chi connectivity index (χ2v) is 14.0. The molecule has 2 aliphatic heterocycles. The maximum atomic E-state index is 14.0. The average molecular weight is 717 g/mol. The first-order valence-corrected chi connectivity index (χ1v) is 18.2. The van der Waals surface area contributed by atoms with Gasteiger partial charge in [-0.1, -0.05) is 37.1 Å². The zero-order valence-corrected chi connectivity index (χ0v) is 29.8. The van der Waals surface area contributed by atoms with E-state index in [2.05, 4.69) is 48.4 Å². The molecule has 1 aliphatic carbocycles. The summed E-state index contributed by atoms with van der Waals surface area (Å²) in [5.41, 5.74) is 7.90. The third-order valence-corrected chi connectivity index (χ3v) is 10.4. The van der Waals surface area contributed by atoms with Gasteiger partial charge < -0.3 is 19.7 Å². The normalized spacial score (nSPS) is 22.0. The number of aryl methyl sites for hydroxylation is 2. The molecule has 276 valence electrons. The number of unbranched alkanes of at least 4 members (excludes halogenated alkanes) is 3. The Bertz CT molecular complexity index is 1770. The molecule has 0 amide bonds. The Labute approximate surface area is 303 Å². The fraction of sp³-hybridized carbons (Fsp3) is 0.439. The van der Waals surface area contributed by atoms with E-state index in [1.807, 2.05) is 30.7 Å². The van der Waals surface area contributed by atoms with Crippen molar-refractivity contribution in [3.63, 3.8) is 0 Å². The lowest BCUT2D eigenvalue weighted by Crippen LogP contribution is -2.59. The molecule has 2 unspecified atom stereocenters. The summed E-state index contributed by atoms with van der Waals surface area (Å²) >= 11 is 0. The van der Waals surface area contributed by atoms with Crippen molar-refractivity contribution in [2.24, 2.45) is 0 Å². The predicted octanol–water partition coefficient (Wildman–Crippen LogP) is 7.69. The van der Waals surface area contributed by atoms with Crippen LogP contribution in [-0.4, -0.2) is 85.9 Å². The van der Waals surface area contributed by atoms with Crippen LogP contribution >= 0.6 is 0 Å². The maximum Gasteiger partial charge on any atom is 0.405 e. The van der Waals surface area contributed by atoms with Crippen LogP contribution in [0.2, 0.25) is 0 Å². The summed E-state index contributed by atoms with van der Waals surface area (Å²) in [5, 5.41) is 3.37. The number of anilines is 1. The highest BCUT2D eigenvalue weighted by atomic mass is 19.4. The Morgan fingerprint density at radius 1 is 0.904 bits per heavy atom. The van der Waals surface area contributed by atoms with Crippen LogP contribution in [0.3, 0.4) is 0 Å². The maximum absolute atomic E-state index is 14.0. The largest absolute Gasteiger partial charge is 0.405 e. The number of alkyl halides is 3. The molecular formula is C41H47F3N4O4. The van der Waals surface area contributed by atoms with E-state index in [0.717, 1.165) is 48.8 Å². The van der Waals surface area contributed by atoms with Crippen LogP contribution < -0.4 is 10.2 Å². The number of nitrogens with zero attached hydrogens (tertiary/aromatic N) is 3. The molecule has 2 fully saturated rings. The van der Waals surface area contributed by atoms with Gasteiger partial charge in [0.2, 0.25) is 0 Å². The van der Waals surface area contributed by atoms with Crippen LogP contribution in [0.15, 0.2) is 73.2 Å². The Morgan fingerprint density at radius 3 is 2.42 bits per heavy atom. The van der Waals surface area contributed by atoms with E-state index in [0.29, 0.717) is 44.4 Å². The molecule has 3 aliphatic rings. The molecule has 1 saturated heterocycles. The SMILES string of the molecule is Cc1cc(C2=CNC(OC3CC(OCCCCCCN4CCN(c5ccc(C=O)c(C=O)c5)CC4C(F)(F)F)C3)C=C2)ccc1-c1cnccc1C. The Morgan fingerprint density at radius 2 is 1.71 bits per heavy atom. The molecule has 1 saturated carbocycles. The second-order valence-electron chi connectivity index (χ2n) is 14.0. The van der Waals surface area contributed by atoms with Crippen molar-refractivity contribution < 1.29 is 32.2 Å². The van der Waals surface area contributed by atoms with Gasteiger partial charge in [-0.05, 0) is 91.4 Å². The molecule has 52 heavy (non-hydrogen) atoms. The highest BCUT2D eigenvalue weighted by molar-refractivity contribution is 5.91. The average Bonchev–Trinajstić information content (AvgIpc) is 3.13. The predicted molar refractivity (Wildman–Crippen MR) is 196 cm³/mol. The first-order chi connectivity index (χ1) is 25.1. The molecule has 0 radical (unpaired) electrons. The Balaban J connectivity index is 0.846. The van der Waals surface area contributed by atoms with Crippen molar-refractivity contribution in [3.8, 4) is 11.1 Å². The number of hydrogen-bond acceptors (Lipinski definition) is 8. The minimum Gasteiger partial charge on any atom is -0.378 e. The van der Waals surface area contributed by atoms with E-state index in [1.165, 1.54) is 33.7 Å². The number of nitrogens with one attached hydrogen (secondary N) is 1. The highest BCUT2D eigenvalue weighted by Gasteiger charge is 2.46. The number of carbonyl (C=O) groups excluding carboxylic acids is 2. The minimum absolute atomic E-state index is 0.135. The van der Waals surface area contributed by atoms with Crippen LogP contribution in [0.1, 0.15) is 75.9 Å². The molecular weight excluding hydrogens is 669 g/mol. The molecule has 3 heterocycles. The molecule has 1 N–H and O–H groups in total. The number of allylic oxidation sites excluding steroid dienone is 2. The summed E-state index contributed by atoms with van der Waals surface area (Å²) < 4.78 is 54.4. The molecule has 11 heteroatoms. The van der Waals surface area contributed by atoms with Crippen molar-refractivity contribution in [2.45, 2.75) is 83.0 Å². The highest BCUT2D eigenvalue weighted by Crippen LogP contribution is 2.33. The van der Waals surface area contributed by atoms with Crippen LogP contribution in [0.5, 0.6) is 0 Å². The van der Waals surface area contributed by atoms with Gasteiger partial charge in [-0.3, -0.25) is 19.5 Å². The minimum atomic E-state index is -4.37. The van der Waals surface area contributed by atoms with Crippen molar-refractivity contribution in [1.82, 2.24) is 15.2 Å². The number of aromatic nitrogens is 1. The van der Waals surface area contributed by atoms with Gasteiger partial charge in [-0.15, -0.1) is 0 Å². The zero-order valence-electron chi connectivity index (χ0n) is 29.8. The van der Waals surface area contributed by atoms with E-state index in [1.54, 1.807) is 11.0 Å². The summed E-state index contributed by atoms with van der Waals surface area (Å²) in [5.74, 6) is 0. The van der Waals surface area contributed by atoms with Crippen LogP contribution in [0.4, 0.5) is 18.9 Å². The number of ether oxygens (including phenoxy) is 2. The lowest BCUT2D eigenvalue weighted by Gasteiger charge is -2.43. The van der Waals surface area contributed by atoms with Gasteiger partial charge in [0.1, 0.15) is 12.3 Å². The van der Waals surface area contributed by atoms with Gasteiger partial charge in [0.05, 0.1) is 12.2 Å². The van der Waals surface area contributed by atoms with E-state index >= 15 is 0 Å². The summed E-state index contributed by atoms with van der Waals surface area (Å²) in [4.78, 5) is 29.9. The molecule has 6 rings (SSSR count). The number of dihydropyridines is 1. The Kier molecular flexibility index (Phi) is 12.2. The van der Waals surface area contributed by atoms with Gasteiger partial charge in [0.15, 0.2) is 12.6 Å². The number of benzene rings is 2. The molecule has 2 aromatic carbocycles. The smallest absolute Gasteiger partial charge is 0.378 e. The lowest BCUT2D eigenvalue weighted by atomic mass is 9.91. The van der Waals surface area contributed by atoms with Gasteiger partial charge >= 0.3 is 6.18 Å². The third kappa shape index (κ3) is 9.18. The number of carbonyl (C=O) groups is 2. The zero-order chi connectivity index (χ0) is 36.7. The van der Waals surface area contributed by atoms with Gasteiger partial charge in [0, 0.05) is 80.1 Å². The van der Waals surface area contributed by atoms with Crippen molar-refractivity contribution in [1.29, 1.82) is 0 Å². The summed E-state index contributed by atoms with van der Waals surface area (Å²) in [6, 6.07) is 11.5. The van der Waals surface area contributed by atoms with Crippen LogP contribution in [0.25, 0.3) is 16.7 Å². The quantitative estimate of drug-likeness (QED) is 0.127. The summed E-state index contributed by atoms with van der Waals surface area (Å²) in [6.45, 7) is 5.72. The molecule has 8 nitrogen and oxygen atoms in total. The lowest BCUT2D eigenvalue weighted by molar-refractivity contribution is -0.184. The van der Waals surface area contributed by atoms with Gasteiger partial charge in [0.25, 0.3) is 0 Å². The number of hydrogen-bond donors (Lipinski definition) is 1. The topological polar surface area (TPSA) is 84.0 Å². The van der Waals surface area contributed by atoms with E-state index in [9.17, 15) is 22.8 Å². The van der Waals surface area contributed by atoms with Crippen LogP contribution in [0, 0.1) is 13.8 Å². The summed E-state index contributed by atoms with van der Waals surface area (Å²) in [6.07, 6.45) is 11.8. The summed E-state index contributed by atoms with van der Waals surface area (Å²) in [7, 11) is 0. The van der Waals surface area contributed by atoms with E-state index < -0.39 is 12.2 Å². The monoisotopic (exact) mass is 716 g/mol. The number of aldehydes is 2. The second kappa shape index (κ2) is 17.0. The third-order valence-electron chi connectivity index (χ3n) is 10.4. The van der Waals surface area contributed by atoms with Gasteiger partial charge in [-0.2, -0.15) is 13.2 Å². The fourth-order valence-electron chi connectivity index (χ4n) is 7.22. The van der Waals surface area contributed by atoms with Crippen molar-refractivity contribution >= 4 is 23.8 Å². The van der Waals surface area contributed by atoms with Crippen LogP contribution in [-0.2, 0) is 9.47 Å². The van der Waals surface area contributed by atoms with Crippen molar-refractivity contribution in [2.75, 3.05) is 37.7 Å². The van der Waals surface area contributed by atoms with Gasteiger partial charge in [-0.25, -0.2) is 0 Å². The van der Waals surface area contributed by atoms with E-state index in [-0.39, 0.29) is 42.7 Å². The Hall–Kier alpha value is -4.32. The number of rotatable bonds is 15. The number of halogens is 3. The first kappa shape index (κ1) is 37.4. The fourth-order valence-corrected chi connectivity index (χ4v) is 7.22. The number of piperazine rings is 1. The molecule has 0 bridgehead atoms. The molecule has 1 aromatic heterocycles. The molecule has 3 aromatic rings. The van der Waals surface area contributed by atoms with Crippen molar-refractivity contribution in [3.05, 3.63) is 101 Å².